The van der Waals surface area contributed by atoms with Gasteiger partial charge in [0.25, 0.3) is 0 Å². The third kappa shape index (κ3) is 24.8. The molecule has 0 saturated heterocycles. The number of hydrogen-bond acceptors (Lipinski definition) is 4. The van der Waals surface area contributed by atoms with Crippen molar-refractivity contribution in [2.24, 2.45) is 5.41 Å². The van der Waals surface area contributed by atoms with Gasteiger partial charge in [0.15, 0.2) is 0 Å². The first-order valence-electron chi connectivity index (χ1n) is 8.24. The van der Waals surface area contributed by atoms with Crippen molar-refractivity contribution in [3.05, 3.63) is 0 Å². The van der Waals surface area contributed by atoms with Crippen LogP contribution in [0.5, 0.6) is 0 Å². The van der Waals surface area contributed by atoms with E-state index in [0.29, 0.717) is 13.0 Å². The molecular formula is C17H36O4. The third-order valence-corrected chi connectivity index (χ3v) is 2.75. The van der Waals surface area contributed by atoms with Gasteiger partial charge < -0.3 is 14.9 Å². The van der Waals surface area contributed by atoms with Crippen LogP contribution in [0.1, 0.15) is 79.1 Å². The summed E-state index contributed by atoms with van der Waals surface area (Å²) in [6, 6.07) is 0. The second kappa shape index (κ2) is 15.8. The van der Waals surface area contributed by atoms with Crippen molar-refractivity contribution in [2.75, 3.05) is 19.8 Å². The summed E-state index contributed by atoms with van der Waals surface area (Å²) in [6.45, 7) is 8.74. The average molecular weight is 304 g/mol. The third-order valence-electron chi connectivity index (χ3n) is 2.75. The molecule has 0 rings (SSSR count). The summed E-state index contributed by atoms with van der Waals surface area (Å²) in [7, 11) is 0. The predicted molar refractivity (Wildman–Crippen MR) is 87.2 cm³/mol. The second-order valence-electron chi connectivity index (χ2n) is 6.54. The van der Waals surface area contributed by atoms with Crippen LogP contribution in [0.25, 0.3) is 0 Å². The van der Waals surface area contributed by atoms with Crippen LogP contribution >= 0.6 is 0 Å². The Morgan fingerprint density at radius 3 is 1.81 bits per heavy atom. The maximum absolute atomic E-state index is 11.4. The minimum absolute atomic E-state index is 0.0338. The first-order valence-corrected chi connectivity index (χ1v) is 8.24. The van der Waals surface area contributed by atoms with Crippen molar-refractivity contribution < 1.29 is 19.7 Å². The molecule has 21 heavy (non-hydrogen) atoms. The lowest BCUT2D eigenvalue weighted by Gasteiger charge is -2.17. The molecular weight excluding hydrogens is 268 g/mol. The molecule has 0 aliphatic carbocycles. The molecule has 0 radical (unpaired) electrons. The van der Waals surface area contributed by atoms with E-state index in [9.17, 15) is 4.79 Å². The minimum Gasteiger partial charge on any atom is -0.465 e. The van der Waals surface area contributed by atoms with Gasteiger partial charge in [-0.2, -0.15) is 0 Å². The monoisotopic (exact) mass is 304 g/mol. The highest BCUT2D eigenvalue weighted by Crippen LogP contribution is 2.14. The van der Waals surface area contributed by atoms with Gasteiger partial charge >= 0.3 is 5.97 Å². The molecule has 0 aromatic rings. The van der Waals surface area contributed by atoms with Crippen LogP contribution in [0.15, 0.2) is 0 Å². The zero-order chi connectivity index (χ0) is 16.6. The number of unbranched alkanes of at least 4 members (excludes halogenated alkanes) is 6. The quantitative estimate of drug-likeness (QED) is 0.477. The van der Waals surface area contributed by atoms with Gasteiger partial charge in [0.1, 0.15) is 0 Å². The summed E-state index contributed by atoms with van der Waals surface area (Å²) < 4.78 is 5.21. The maximum Gasteiger partial charge on any atom is 0.305 e. The molecule has 0 fully saturated rings. The highest BCUT2D eigenvalue weighted by molar-refractivity contribution is 5.69. The largest absolute Gasteiger partial charge is 0.465 e. The minimum atomic E-state index is -0.125. The van der Waals surface area contributed by atoms with Crippen LogP contribution in [0.3, 0.4) is 0 Å². The molecule has 0 aromatic heterocycles. The zero-order valence-corrected chi connectivity index (χ0v) is 14.5. The summed E-state index contributed by atoms with van der Waals surface area (Å²) in [4.78, 5) is 11.4. The van der Waals surface area contributed by atoms with Gasteiger partial charge in [0, 0.05) is 6.42 Å². The first-order chi connectivity index (χ1) is 9.87. The lowest BCUT2D eigenvalue weighted by molar-refractivity contribution is -0.146. The van der Waals surface area contributed by atoms with Crippen LogP contribution in [0.4, 0.5) is 0 Å². The molecule has 0 aromatic carbocycles. The number of aliphatic hydroxyl groups is 2. The molecule has 4 heteroatoms. The molecule has 0 aliphatic heterocycles. The van der Waals surface area contributed by atoms with Crippen LogP contribution in [-0.4, -0.2) is 36.0 Å². The van der Waals surface area contributed by atoms with E-state index in [1.165, 1.54) is 32.1 Å². The number of aliphatic hydroxyl groups excluding tert-OH is 2. The second-order valence-corrected chi connectivity index (χ2v) is 6.54. The van der Waals surface area contributed by atoms with Crippen molar-refractivity contribution in [3.63, 3.8) is 0 Å². The molecule has 0 atom stereocenters. The van der Waals surface area contributed by atoms with Crippen LogP contribution in [0, 0.1) is 5.41 Å². The Hall–Kier alpha value is -0.610. The van der Waals surface area contributed by atoms with Gasteiger partial charge in [-0.25, -0.2) is 0 Å². The van der Waals surface area contributed by atoms with Crippen LogP contribution < -0.4 is 0 Å². The normalized spacial score (nSPS) is 10.8. The Balaban J connectivity index is 0. The summed E-state index contributed by atoms with van der Waals surface area (Å²) in [5.74, 6) is -0.0338. The van der Waals surface area contributed by atoms with Crippen molar-refractivity contribution in [1.29, 1.82) is 0 Å². The molecule has 4 nitrogen and oxygen atoms in total. The zero-order valence-electron chi connectivity index (χ0n) is 14.5. The number of ether oxygens (including phenoxy) is 1. The summed E-state index contributed by atoms with van der Waals surface area (Å²) >= 11 is 0. The lowest BCUT2D eigenvalue weighted by Crippen LogP contribution is -2.18. The fourth-order valence-corrected chi connectivity index (χ4v) is 1.60. The van der Waals surface area contributed by atoms with E-state index in [4.69, 9.17) is 14.9 Å². The van der Waals surface area contributed by atoms with Gasteiger partial charge in [0.2, 0.25) is 0 Å². The Kier molecular flexibility index (Phi) is 17.0. The van der Waals surface area contributed by atoms with Gasteiger partial charge in [-0.15, -0.1) is 0 Å². The van der Waals surface area contributed by atoms with E-state index >= 15 is 0 Å². The smallest absolute Gasteiger partial charge is 0.305 e. The molecule has 2 N–H and O–H groups in total. The van der Waals surface area contributed by atoms with E-state index in [1.807, 2.05) is 0 Å². The van der Waals surface area contributed by atoms with Crippen molar-refractivity contribution in [1.82, 2.24) is 0 Å². The molecule has 128 valence electrons. The predicted octanol–water partition coefficient (Wildman–Crippen LogP) is 3.69. The number of carbonyl (C=O) groups is 1. The fourth-order valence-electron chi connectivity index (χ4n) is 1.60. The van der Waals surface area contributed by atoms with Crippen molar-refractivity contribution in [3.8, 4) is 0 Å². The fraction of sp³-hybridized carbons (Fsp3) is 0.941. The molecule has 0 aliphatic rings. The van der Waals surface area contributed by atoms with E-state index < -0.39 is 0 Å². The Morgan fingerprint density at radius 2 is 1.38 bits per heavy atom. The van der Waals surface area contributed by atoms with Gasteiger partial charge in [-0.1, -0.05) is 66.2 Å². The topological polar surface area (TPSA) is 66.8 Å². The molecule has 0 amide bonds. The molecule has 0 bridgehead atoms. The van der Waals surface area contributed by atoms with E-state index in [-0.39, 0.29) is 24.6 Å². The molecule has 0 heterocycles. The Bertz CT molecular complexity index is 219. The molecule has 0 unspecified atom stereocenters. The average Bonchev–Trinajstić information content (AvgIpc) is 2.43. The number of rotatable bonds is 10. The van der Waals surface area contributed by atoms with Crippen LogP contribution in [0.2, 0.25) is 0 Å². The SMILES string of the molecule is CCCCCCCCCC(=O)OCC(C)(C)C.OCCO. The van der Waals surface area contributed by atoms with Gasteiger partial charge in [-0.3, -0.25) is 4.79 Å². The summed E-state index contributed by atoms with van der Waals surface area (Å²) in [5.41, 5.74) is 0.0792. The lowest BCUT2D eigenvalue weighted by atomic mass is 9.99. The number of carbonyl (C=O) groups excluding carboxylic acids is 1. The van der Waals surface area contributed by atoms with Crippen molar-refractivity contribution >= 4 is 5.97 Å². The highest BCUT2D eigenvalue weighted by Gasteiger charge is 2.13. The standard InChI is InChI=1S/C15H30O2.C2H6O2/c1-5-6-7-8-9-10-11-12-14(16)17-13-15(2,3)4;3-1-2-4/h5-13H2,1-4H3;3-4H,1-2H2. The summed E-state index contributed by atoms with van der Waals surface area (Å²) in [5, 5.41) is 15.2. The van der Waals surface area contributed by atoms with Gasteiger partial charge in [-0.05, 0) is 11.8 Å². The highest BCUT2D eigenvalue weighted by atomic mass is 16.5. The van der Waals surface area contributed by atoms with E-state index in [1.54, 1.807) is 0 Å². The Morgan fingerprint density at radius 1 is 0.905 bits per heavy atom. The maximum atomic E-state index is 11.4. The van der Waals surface area contributed by atoms with E-state index in [2.05, 4.69) is 27.7 Å². The van der Waals surface area contributed by atoms with Crippen molar-refractivity contribution in [2.45, 2.75) is 79.1 Å². The van der Waals surface area contributed by atoms with Crippen LogP contribution in [-0.2, 0) is 9.53 Å². The first kappa shape index (κ1) is 22.7. The van der Waals surface area contributed by atoms with Gasteiger partial charge in [0.05, 0.1) is 19.8 Å². The summed E-state index contributed by atoms with van der Waals surface area (Å²) in [6.07, 6.45) is 9.27. The molecule has 0 spiro atoms. The Labute approximate surface area is 130 Å². The number of hydrogen-bond donors (Lipinski definition) is 2. The number of esters is 1. The molecule has 0 saturated carbocycles. The van der Waals surface area contributed by atoms with E-state index in [0.717, 1.165) is 12.8 Å².